The number of anilines is 3. The van der Waals surface area contributed by atoms with Crippen LogP contribution in [0.1, 0.15) is 23.7 Å². The zero-order valence-electron chi connectivity index (χ0n) is 14.3. The first-order valence-corrected chi connectivity index (χ1v) is 7.94. The normalized spacial score (nSPS) is 10.0. The second-order valence-electron chi connectivity index (χ2n) is 5.33. The lowest BCUT2D eigenvalue weighted by molar-refractivity contribution is 0.100. The summed E-state index contributed by atoms with van der Waals surface area (Å²) in [6.45, 7) is 2.75. The predicted molar refractivity (Wildman–Crippen MR) is 99.4 cm³/mol. The number of methoxy groups -OCH3 is 1. The summed E-state index contributed by atoms with van der Waals surface area (Å²) in [6.07, 6.45) is 0.916. The SMILES string of the molecule is CCCNc1ccc(NC(=O)Nc2ccccc2OC)cc1C(N)=O. The fraction of sp³-hybridized carbons (Fsp3) is 0.222. The lowest BCUT2D eigenvalue weighted by Crippen LogP contribution is -2.21. The molecule has 0 aliphatic heterocycles. The third kappa shape index (κ3) is 4.87. The van der Waals surface area contributed by atoms with Gasteiger partial charge in [0, 0.05) is 17.9 Å². The maximum absolute atomic E-state index is 12.2. The molecule has 7 heteroatoms. The molecule has 0 saturated heterocycles. The van der Waals surface area contributed by atoms with Crippen LogP contribution in [0.2, 0.25) is 0 Å². The van der Waals surface area contributed by atoms with Crippen molar-refractivity contribution in [1.29, 1.82) is 0 Å². The molecule has 25 heavy (non-hydrogen) atoms. The number of hydrogen-bond acceptors (Lipinski definition) is 4. The Morgan fingerprint density at radius 1 is 1.08 bits per heavy atom. The fourth-order valence-corrected chi connectivity index (χ4v) is 2.27. The van der Waals surface area contributed by atoms with E-state index in [0.29, 0.717) is 28.4 Å². The molecule has 0 unspecified atom stereocenters. The summed E-state index contributed by atoms with van der Waals surface area (Å²) < 4.78 is 5.19. The van der Waals surface area contributed by atoms with Crippen LogP contribution >= 0.6 is 0 Å². The summed E-state index contributed by atoms with van der Waals surface area (Å²) in [6, 6.07) is 11.6. The molecule has 5 N–H and O–H groups in total. The van der Waals surface area contributed by atoms with Crippen molar-refractivity contribution in [2.75, 3.05) is 29.6 Å². The van der Waals surface area contributed by atoms with Gasteiger partial charge in [-0.1, -0.05) is 19.1 Å². The van der Waals surface area contributed by atoms with Crippen LogP contribution in [0.5, 0.6) is 5.75 Å². The van der Waals surface area contributed by atoms with Gasteiger partial charge in [-0.25, -0.2) is 4.79 Å². The van der Waals surface area contributed by atoms with Crippen molar-refractivity contribution in [1.82, 2.24) is 0 Å². The molecule has 0 radical (unpaired) electrons. The van der Waals surface area contributed by atoms with Gasteiger partial charge in [-0.15, -0.1) is 0 Å². The van der Waals surface area contributed by atoms with E-state index in [4.69, 9.17) is 10.5 Å². The van der Waals surface area contributed by atoms with Gasteiger partial charge in [0.1, 0.15) is 5.75 Å². The van der Waals surface area contributed by atoms with Gasteiger partial charge in [0.2, 0.25) is 0 Å². The van der Waals surface area contributed by atoms with Gasteiger partial charge in [0.25, 0.3) is 5.91 Å². The minimum Gasteiger partial charge on any atom is -0.495 e. The van der Waals surface area contributed by atoms with E-state index in [0.717, 1.165) is 13.0 Å². The highest BCUT2D eigenvalue weighted by atomic mass is 16.5. The van der Waals surface area contributed by atoms with Crippen molar-refractivity contribution >= 4 is 29.0 Å². The molecule has 2 aromatic carbocycles. The molecule has 0 fully saturated rings. The molecule has 0 saturated carbocycles. The Balaban J connectivity index is 2.12. The number of ether oxygens (including phenoxy) is 1. The van der Waals surface area contributed by atoms with Gasteiger partial charge in [-0.3, -0.25) is 4.79 Å². The van der Waals surface area contributed by atoms with Crippen molar-refractivity contribution in [2.45, 2.75) is 13.3 Å². The molecular weight excluding hydrogens is 320 g/mol. The largest absolute Gasteiger partial charge is 0.495 e. The summed E-state index contributed by atoms with van der Waals surface area (Å²) in [4.78, 5) is 23.8. The highest BCUT2D eigenvalue weighted by molar-refractivity contribution is 6.03. The van der Waals surface area contributed by atoms with E-state index in [-0.39, 0.29) is 0 Å². The number of amides is 3. The van der Waals surface area contributed by atoms with E-state index in [9.17, 15) is 9.59 Å². The number of para-hydroxylation sites is 2. The number of urea groups is 1. The highest BCUT2D eigenvalue weighted by Crippen LogP contribution is 2.24. The number of nitrogens with two attached hydrogens (primary N) is 1. The van der Waals surface area contributed by atoms with Gasteiger partial charge < -0.3 is 26.4 Å². The number of primary amides is 1. The average molecular weight is 342 g/mol. The quantitative estimate of drug-likeness (QED) is 0.620. The summed E-state index contributed by atoms with van der Waals surface area (Å²) in [7, 11) is 1.53. The lowest BCUT2D eigenvalue weighted by Gasteiger charge is -2.13. The number of nitrogens with one attached hydrogen (secondary N) is 3. The average Bonchev–Trinajstić information content (AvgIpc) is 2.60. The summed E-state index contributed by atoms with van der Waals surface area (Å²) in [5.74, 6) is -0.0121. The third-order valence-electron chi connectivity index (χ3n) is 3.46. The smallest absolute Gasteiger partial charge is 0.323 e. The van der Waals surface area contributed by atoms with Crippen LogP contribution in [0, 0.1) is 0 Å². The van der Waals surface area contributed by atoms with E-state index in [1.807, 2.05) is 13.0 Å². The van der Waals surface area contributed by atoms with Crippen molar-refractivity contribution < 1.29 is 14.3 Å². The Morgan fingerprint density at radius 3 is 2.52 bits per heavy atom. The second kappa shape index (κ2) is 8.58. The molecule has 2 rings (SSSR count). The van der Waals surface area contributed by atoms with Gasteiger partial charge in [-0.05, 0) is 36.8 Å². The van der Waals surface area contributed by atoms with Crippen LogP contribution in [0.4, 0.5) is 21.9 Å². The maximum Gasteiger partial charge on any atom is 0.323 e. The monoisotopic (exact) mass is 342 g/mol. The summed E-state index contributed by atoms with van der Waals surface area (Å²) >= 11 is 0. The highest BCUT2D eigenvalue weighted by Gasteiger charge is 2.11. The number of carbonyl (C=O) groups excluding carboxylic acids is 2. The number of benzene rings is 2. The minimum absolute atomic E-state index is 0.323. The molecule has 7 nitrogen and oxygen atoms in total. The Hall–Kier alpha value is -3.22. The van der Waals surface area contributed by atoms with Crippen molar-refractivity contribution in [3.05, 3.63) is 48.0 Å². The van der Waals surface area contributed by atoms with E-state index in [1.54, 1.807) is 36.4 Å². The Labute approximate surface area is 146 Å². The molecule has 0 bridgehead atoms. The van der Waals surface area contributed by atoms with E-state index in [1.165, 1.54) is 7.11 Å². The van der Waals surface area contributed by atoms with Crippen LogP contribution in [0.15, 0.2) is 42.5 Å². The van der Waals surface area contributed by atoms with Crippen LogP contribution in [0.3, 0.4) is 0 Å². The first-order chi connectivity index (χ1) is 12.0. The predicted octanol–water partition coefficient (Wildman–Crippen LogP) is 3.26. The molecule has 3 amide bonds. The van der Waals surface area contributed by atoms with Crippen LogP contribution in [0.25, 0.3) is 0 Å². The first-order valence-electron chi connectivity index (χ1n) is 7.94. The molecule has 0 aliphatic carbocycles. The van der Waals surface area contributed by atoms with Crippen LogP contribution < -0.4 is 26.4 Å². The summed E-state index contributed by atoms with van der Waals surface area (Å²) in [5, 5.41) is 8.51. The van der Waals surface area contributed by atoms with Crippen LogP contribution in [-0.4, -0.2) is 25.6 Å². The molecular formula is C18H22N4O3. The first kappa shape index (κ1) is 18.1. The second-order valence-corrected chi connectivity index (χ2v) is 5.33. The standard InChI is InChI=1S/C18H22N4O3/c1-3-10-20-14-9-8-12(11-13(14)17(19)23)21-18(24)22-15-6-4-5-7-16(15)25-2/h4-9,11,20H,3,10H2,1-2H3,(H2,19,23)(H2,21,22,24). The molecule has 0 spiro atoms. The maximum atomic E-state index is 12.2. The zero-order chi connectivity index (χ0) is 18.2. The van der Waals surface area contributed by atoms with E-state index >= 15 is 0 Å². The Morgan fingerprint density at radius 2 is 1.84 bits per heavy atom. The van der Waals surface area contributed by atoms with Gasteiger partial charge in [0.05, 0.1) is 18.4 Å². The van der Waals surface area contributed by atoms with E-state index in [2.05, 4.69) is 16.0 Å². The molecule has 0 aliphatic rings. The number of hydrogen-bond donors (Lipinski definition) is 4. The van der Waals surface area contributed by atoms with Crippen LogP contribution in [-0.2, 0) is 0 Å². The van der Waals surface area contributed by atoms with Gasteiger partial charge in [0.15, 0.2) is 0 Å². The number of carbonyl (C=O) groups is 2. The van der Waals surface area contributed by atoms with E-state index < -0.39 is 11.9 Å². The summed E-state index contributed by atoms with van der Waals surface area (Å²) in [5.41, 5.74) is 7.39. The fourth-order valence-electron chi connectivity index (χ4n) is 2.27. The topological polar surface area (TPSA) is 105 Å². The van der Waals surface area contributed by atoms with Crippen molar-refractivity contribution in [3.63, 3.8) is 0 Å². The van der Waals surface area contributed by atoms with Gasteiger partial charge >= 0.3 is 6.03 Å². The molecule has 132 valence electrons. The third-order valence-corrected chi connectivity index (χ3v) is 3.46. The molecule has 0 atom stereocenters. The Bertz CT molecular complexity index is 762. The minimum atomic E-state index is -0.563. The molecule has 0 aromatic heterocycles. The lowest BCUT2D eigenvalue weighted by atomic mass is 10.1. The van der Waals surface area contributed by atoms with Gasteiger partial charge in [-0.2, -0.15) is 0 Å². The molecule has 0 heterocycles. The Kier molecular flexibility index (Phi) is 6.22. The molecule has 2 aromatic rings. The zero-order valence-corrected chi connectivity index (χ0v) is 14.3. The van der Waals surface area contributed by atoms with Crippen molar-refractivity contribution in [2.24, 2.45) is 5.73 Å². The van der Waals surface area contributed by atoms with Crippen molar-refractivity contribution in [3.8, 4) is 5.75 Å². The number of rotatable bonds is 7.